The molecular weight excluding hydrogens is 314 g/mol. The van der Waals surface area contributed by atoms with Crippen molar-refractivity contribution in [2.75, 3.05) is 0 Å². The predicted octanol–water partition coefficient (Wildman–Crippen LogP) is 3.26. The third kappa shape index (κ3) is 3.46. The number of hydrogen-bond acceptors (Lipinski definition) is 6. The molecule has 116 valence electrons. The van der Waals surface area contributed by atoms with Gasteiger partial charge in [-0.25, -0.2) is 10.4 Å². The second kappa shape index (κ2) is 6.45. The summed E-state index contributed by atoms with van der Waals surface area (Å²) < 4.78 is 6.63. The van der Waals surface area contributed by atoms with Gasteiger partial charge in [-0.1, -0.05) is 23.5 Å². The lowest BCUT2D eigenvalue weighted by Gasteiger charge is -2.04. The number of fused-ring (bicyclic) bond motifs is 1. The van der Waals surface area contributed by atoms with Gasteiger partial charge in [-0.2, -0.15) is 5.10 Å². The molecule has 0 spiro atoms. The Balaban J connectivity index is 1.85. The first kappa shape index (κ1) is 15.0. The molecule has 0 aliphatic rings. The van der Waals surface area contributed by atoms with E-state index in [0.717, 1.165) is 15.8 Å². The summed E-state index contributed by atoms with van der Waals surface area (Å²) in [6.45, 7) is 1.79. The van der Waals surface area contributed by atoms with Crippen LogP contribution in [0.25, 0.3) is 10.2 Å². The molecule has 0 saturated carbocycles. The number of phenols is 1. The highest BCUT2D eigenvalue weighted by Crippen LogP contribution is 2.33. The number of ether oxygens (including phenoxy) is 1. The number of hydrogen-bond donors (Lipinski definition) is 2. The van der Waals surface area contributed by atoms with E-state index in [2.05, 4.69) is 15.5 Å². The summed E-state index contributed by atoms with van der Waals surface area (Å²) in [5.74, 6) is 0.815. The van der Waals surface area contributed by atoms with Crippen molar-refractivity contribution in [2.45, 2.75) is 6.92 Å². The summed E-state index contributed by atoms with van der Waals surface area (Å²) >= 11 is 1.35. The molecule has 6 nitrogen and oxygen atoms in total. The molecule has 0 unspecified atom stereocenters. The second-order valence-electron chi connectivity index (χ2n) is 4.71. The number of nitrogens with one attached hydrogen (secondary N) is 1. The minimum atomic E-state index is 0.198. The van der Waals surface area contributed by atoms with Gasteiger partial charge < -0.3 is 9.84 Å². The number of thiazole rings is 1. The number of hydrazone groups is 1. The molecule has 2 aromatic carbocycles. The number of aromatic nitrogens is 1. The van der Waals surface area contributed by atoms with E-state index in [1.165, 1.54) is 11.3 Å². The smallest absolute Gasteiger partial charge is 0.279 e. The van der Waals surface area contributed by atoms with Gasteiger partial charge in [-0.05, 0) is 37.3 Å². The van der Waals surface area contributed by atoms with Crippen molar-refractivity contribution in [3.05, 3.63) is 48.0 Å². The molecule has 2 N–H and O–H groups in total. The summed E-state index contributed by atoms with van der Waals surface area (Å²) in [5, 5.41) is 13.9. The molecule has 1 amide bonds. The molecular formula is C16H13N3O3S. The Kier molecular flexibility index (Phi) is 4.20. The predicted molar refractivity (Wildman–Crippen MR) is 89.2 cm³/mol. The highest BCUT2D eigenvalue weighted by atomic mass is 32.1. The monoisotopic (exact) mass is 327 g/mol. The summed E-state index contributed by atoms with van der Waals surface area (Å²) in [5.41, 5.74) is 4.53. The molecule has 0 atom stereocenters. The van der Waals surface area contributed by atoms with Crippen molar-refractivity contribution in [1.29, 1.82) is 0 Å². The fraction of sp³-hybridized carbons (Fsp3) is 0.0625. The highest BCUT2D eigenvalue weighted by molar-refractivity contribution is 7.20. The Bertz CT molecular complexity index is 889. The van der Waals surface area contributed by atoms with Crippen LogP contribution in [0.5, 0.6) is 16.7 Å². The number of carbonyl (C=O) groups excluding carboxylic acids is 1. The van der Waals surface area contributed by atoms with Crippen LogP contribution in [0, 0.1) is 0 Å². The fourth-order valence-electron chi connectivity index (χ4n) is 2.01. The summed E-state index contributed by atoms with van der Waals surface area (Å²) in [7, 11) is 0. The first-order valence-electron chi connectivity index (χ1n) is 6.77. The summed E-state index contributed by atoms with van der Waals surface area (Å²) in [6.07, 6.45) is 0.514. The Morgan fingerprint density at radius 2 is 2.22 bits per heavy atom. The van der Waals surface area contributed by atoms with E-state index in [0.29, 0.717) is 23.1 Å². The lowest BCUT2D eigenvalue weighted by molar-refractivity contribution is -0.109. The van der Waals surface area contributed by atoms with Crippen LogP contribution < -0.4 is 10.2 Å². The number of rotatable bonds is 5. The first-order chi connectivity index (χ1) is 11.2. The number of aromatic hydroxyl groups is 1. The van der Waals surface area contributed by atoms with Crippen LogP contribution >= 0.6 is 11.3 Å². The van der Waals surface area contributed by atoms with Gasteiger partial charge >= 0.3 is 0 Å². The van der Waals surface area contributed by atoms with Crippen molar-refractivity contribution < 1.29 is 14.6 Å². The van der Waals surface area contributed by atoms with Crippen LogP contribution in [-0.2, 0) is 4.79 Å². The van der Waals surface area contributed by atoms with Crippen LogP contribution in [-0.4, -0.2) is 22.2 Å². The zero-order valence-electron chi connectivity index (χ0n) is 12.2. The molecule has 0 bridgehead atoms. The zero-order chi connectivity index (χ0) is 16.2. The maximum atomic E-state index is 10.3. The largest absolute Gasteiger partial charge is 0.508 e. The number of benzene rings is 2. The average molecular weight is 327 g/mol. The Hall–Kier alpha value is -2.93. The average Bonchev–Trinajstić information content (AvgIpc) is 2.94. The maximum absolute atomic E-state index is 10.3. The van der Waals surface area contributed by atoms with Crippen LogP contribution in [0.3, 0.4) is 0 Å². The van der Waals surface area contributed by atoms with Crippen LogP contribution in [0.4, 0.5) is 0 Å². The van der Waals surface area contributed by atoms with Gasteiger partial charge in [0.1, 0.15) is 11.5 Å². The van der Waals surface area contributed by atoms with E-state index in [1.807, 2.05) is 24.3 Å². The number of carbonyl (C=O) groups is 1. The van der Waals surface area contributed by atoms with Crippen LogP contribution in [0.15, 0.2) is 47.6 Å². The molecule has 3 rings (SSSR count). The Morgan fingerprint density at radius 1 is 1.35 bits per heavy atom. The van der Waals surface area contributed by atoms with Crippen molar-refractivity contribution in [1.82, 2.24) is 10.4 Å². The molecule has 3 aromatic rings. The minimum Gasteiger partial charge on any atom is -0.508 e. The second-order valence-corrected chi connectivity index (χ2v) is 5.70. The molecule has 1 aromatic heterocycles. The molecule has 0 aliphatic carbocycles. The third-order valence-electron chi connectivity index (χ3n) is 3.09. The summed E-state index contributed by atoms with van der Waals surface area (Å²) in [6, 6.07) is 12.3. The molecule has 0 saturated heterocycles. The first-order valence-corrected chi connectivity index (χ1v) is 7.58. The third-order valence-corrected chi connectivity index (χ3v) is 3.99. The SMILES string of the molecule is C/C(=N\NC=O)c1cccc(Oc2nc3ccc(O)cc3s2)c1. The van der Waals surface area contributed by atoms with Crippen LogP contribution in [0.1, 0.15) is 12.5 Å². The molecule has 23 heavy (non-hydrogen) atoms. The van der Waals surface area contributed by atoms with E-state index < -0.39 is 0 Å². The lowest BCUT2D eigenvalue weighted by atomic mass is 10.1. The minimum absolute atomic E-state index is 0.198. The Morgan fingerprint density at radius 3 is 3.04 bits per heavy atom. The standard InChI is InChI=1S/C16H13N3O3S/c1-10(19-17-9-20)11-3-2-4-13(7-11)22-16-18-14-6-5-12(21)8-15(14)23-16/h2-9,21H,1H3,(H,17,20)/b19-10+. The van der Waals surface area contributed by atoms with Crippen molar-refractivity contribution in [3.8, 4) is 16.7 Å². The van der Waals surface area contributed by atoms with Gasteiger partial charge in [0.05, 0.1) is 15.9 Å². The molecule has 0 aliphatic heterocycles. The molecule has 7 heteroatoms. The number of phenolic OH excluding ortho intramolecular Hbond substituents is 1. The molecule has 1 heterocycles. The van der Waals surface area contributed by atoms with Gasteiger partial charge in [-0.3, -0.25) is 4.79 Å². The van der Waals surface area contributed by atoms with E-state index in [9.17, 15) is 9.90 Å². The van der Waals surface area contributed by atoms with Gasteiger partial charge in [0.15, 0.2) is 0 Å². The van der Waals surface area contributed by atoms with Gasteiger partial charge in [0.2, 0.25) is 6.41 Å². The van der Waals surface area contributed by atoms with E-state index in [1.54, 1.807) is 25.1 Å². The van der Waals surface area contributed by atoms with Crippen molar-refractivity contribution in [2.24, 2.45) is 5.10 Å². The maximum Gasteiger partial charge on any atom is 0.279 e. The van der Waals surface area contributed by atoms with Crippen molar-refractivity contribution in [3.63, 3.8) is 0 Å². The zero-order valence-corrected chi connectivity index (χ0v) is 13.0. The topological polar surface area (TPSA) is 83.8 Å². The van der Waals surface area contributed by atoms with E-state index >= 15 is 0 Å². The fourth-order valence-corrected chi connectivity index (χ4v) is 2.88. The molecule has 0 radical (unpaired) electrons. The van der Waals surface area contributed by atoms with E-state index in [4.69, 9.17) is 4.74 Å². The summed E-state index contributed by atoms with van der Waals surface area (Å²) in [4.78, 5) is 14.7. The van der Waals surface area contributed by atoms with Crippen LogP contribution in [0.2, 0.25) is 0 Å². The number of nitrogens with zero attached hydrogens (tertiary/aromatic N) is 2. The van der Waals surface area contributed by atoms with Crippen molar-refractivity contribution >= 4 is 33.7 Å². The quantitative estimate of drug-likeness (QED) is 0.428. The van der Waals surface area contributed by atoms with E-state index in [-0.39, 0.29) is 5.75 Å². The van der Waals surface area contributed by atoms with Gasteiger partial charge in [0, 0.05) is 5.56 Å². The number of amides is 1. The lowest BCUT2D eigenvalue weighted by Crippen LogP contribution is -2.06. The van der Waals surface area contributed by atoms with Gasteiger partial charge in [0.25, 0.3) is 5.19 Å². The van der Waals surface area contributed by atoms with Gasteiger partial charge in [-0.15, -0.1) is 0 Å². The molecule has 0 fully saturated rings. The normalized spacial score (nSPS) is 11.4. The highest BCUT2D eigenvalue weighted by Gasteiger charge is 2.08. The Labute approximate surface area is 136 Å².